The number of anilines is 1. The van der Waals surface area contributed by atoms with Crippen LogP contribution in [0.1, 0.15) is 27.2 Å². The largest absolute Gasteiger partial charge is 0.497 e. The van der Waals surface area contributed by atoms with Gasteiger partial charge in [-0.05, 0) is 41.7 Å². The van der Waals surface area contributed by atoms with E-state index in [1.807, 2.05) is 29.6 Å². The van der Waals surface area contributed by atoms with E-state index < -0.39 is 0 Å². The highest BCUT2D eigenvalue weighted by Gasteiger charge is 2.20. The number of thiazole rings is 1. The number of rotatable bonds is 6. The molecule has 0 atom stereocenters. The van der Waals surface area contributed by atoms with Crippen molar-refractivity contribution in [3.05, 3.63) is 76.3 Å². The molecule has 5 nitrogen and oxygen atoms in total. The number of benzene rings is 2. The maximum Gasteiger partial charge on any atom is 0.270 e. The predicted molar refractivity (Wildman–Crippen MR) is 112 cm³/mol. The maximum absolute atomic E-state index is 12.4. The summed E-state index contributed by atoms with van der Waals surface area (Å²) in [6.45, 7) is 2.36. The summed E-state index contributed by atoms with van der Waals surface area (Å²) in [6.07, 6.45) is 1.79. The second-order valence-corrected chi connectivity index (χ2v) is 7.65. The fourth-order valence-electron chi connectivity index (χ4n) is 3.38. The number of amides is 1. The molecule has 2 heterocycles. The van der Waals surface area contributed by atoms with Gasteiger partial charge < -0.3 is 15.0 Å². The lowest BCUT2D eigenvalue weighted by molar-refractivity contribution is 0.0950. The van der Waals surface area contributed by atoms with E-state index in [0.29, 0.717) is 12.2 Å². The average molecular weight is 394 g/mol. The third-order valence-electron chi connectivity index (χ3n) is 4.98. The van der Waals surface area contributed by atoms with Crippen molar-refractivity contribution in [2.24, 2.45) is 0 Å². The minimum Gasteiger partial charge on any atom is -0.497 e. The molecule has 1 aliphatic heterocycles. The molecule has 0 saturated heterocycles. The number of carbonyl (C=O) groups is 1. The molecule has 1 N–H and O–H groups in total. The maximum atomic E-state index is 12.4. The Morgan fingerprint density at radius 1 is 1.18 bits per heavy atom. The Bertz CT molecular complexity index is 952. The monoisotopic (exact) mass is 393 g/mol. The van der Waals surface area contributed by atoms with Crippen molar-refractivity contribution in [2.45, 2.75) is 19.4 Å². The van der Waals surface area contributed by atoms with Gasteiger partial charge in [0, 0.05) is 25.0 Å². The van der Waals surface area contributed by atoms with Gasteiger partial charge in [0.2, 0.25) is 0 Å². The minimum atomic E-state index is -0.117. The van der Waals surface area contributed by atoms with Gasteiger partial charge in [0.25, 0.3) is 5.91 Å². The molecule has 0 bridgehead atoms. The first-order chi connectivity index (χ1) is 13.7. The highest BCUT2D eigenvalue weighted by atomic mass is 32.1. The number of methoxy groups -OCH3 is 1. The van der Waals surface area contributed by atoms with Gasteiger partial charge in [-0.15, -0.1) is 11.3 Å². The van der Waals surface area contributed by atoms with Crippen LogP contribution < -0.4 is 15.0 Å². The molecular weight excluding hydrogens is 370 g/mol. The van der Waals surface area contributed by atoms with Crippen molar-refractivity contribution >= 4 is 22.4 Å². The van der Waals surface area contributed by atoms with Crippen molar-refractivity contribution < 1.29 is 9.53 Å². The number of hydrogen-bond acceptors (Lipinski definition) is 5. The Hall–Kier alpha value is -2.86. The smallest absolute Gasteiger partial charge is 0.270 e. The Morgan fingerprint density at radius 3 is 2.75 bits per heavy atom. The molecule has 0 fully saturated rings. The molecule has 4 rings (SSSR count). The number of hydrogen-bond donors (Lipinski definition) is 1. The topological polar surface area (TPSA) is 54.5 Å². The van der Waals surface area contributed by atoms with Gasteiger partial charge in [-0.25, -0.2) is 4.98 Å². The fraction of sp³-hybridized carbons (Fsp3) is 0.273. The summed E-state index contributed by atoms with van der Waals surface area (Å²) < 4.78 is 5.16. The molecule has 0 unspecified atom stereocenters. The lowest BCUT2D eigenvalue weighted by Gasteiger charge is -2.28. The van der Waals surface area contributed by atoms with Crippen molar-refractivity contribution in [2.75, 3.05) is 25.1 Å². The molecule has 0 aliphatic carbocycles. The van der Waals surface area contributed by atoms with Gasteiger partial charge in [-0.1, -0.05) is 36.4 Å². The first-order valence-electron chi connectivity index (χ1n) is 9.41. The average Bonchev–Trinajstić information content (AvgIpc) is 3.24. The van der Waals surface area contributed by atoms with Crippen molar-refractivity contribution in [3.8, 4) is 5.75 Å². The zero-order chi connectivity index (χ0) is 19.3. The Kier molecular flexibility index (Phi) is 5.58. The van der Waals surface area contributed by atoms with E-state index in [2.05, 4.69) is 39.5 Å². The summed E-state index contributed by atoms with van der Waals surface area (Å²) >= 11 is 1.53. The molecule has 144 valence electrons. The highest BCUT2D eigenvalue weighted by molar-refractivity contribution is 7.13. The Balaban J connectivity index is 1.32. The van der Waals surface area contributed by atoms with Crippen LogP contribution >= 0.6 is 11.3 Å². The first kappa shape index (κ1) is 18.5. The van der Waals surface area contributed by atoms with Crippen molar-refractivity contribution in [1.29, 1.82) is 0 Å². The Labute approximate surface area is 169 Å². The third-order valence-corrected chi connectivity index (χ3v) is 5.89. The number of nitrogens with one attached hydrogen (secondary N) is 1. The molecule has 6 heteroatoms. The van der Waals surface area contributed by atoms with Gasteiger partial charge >= 0.3 is 0 Å². The molecule has 1 aromatic heterocycles. The number of nitrogens with zero attached hydrogens (tertiary/aromatic N) is 2. The summed E-state index contributed by atoms with van der Waals surface area (Å²) in [5.74, 6) is 0.719. The molecule has 1 amide bonds. The standard InChI is InChI=1S/C22H23N3O2S/c1-27-19-8-6-16(7-9-19)10-12-23-21(26)20-15-28-22(24-20)25-13-11-17-4-2-3-5-18(17)14-25/h2-9,15H,10-14H2,1H3,(H,23,26). The van der Waals surface area contributed by atoms with Crippen LogP contribution in [-0.2, 0) is 19.4 Å². The van der Waals surface area contributed by atoms with Crippen LogP contribution in [0.4, 0.5) is 5.13 Å². The van der Waals surface area contributed by atoms with Gasteiger partial charge in [-0.2, -0.15) is 0 Å². The summed E-state index contributed by atoms with van der Waals surface area (Å²) in [4.78, 5) is 19.2. The van der Waals surface area contributed by atoms with E-state index in [4.69, 9.17) is 4.74 Å². The molecule has 0 radical (unpaired) electrons. The van der Waals surface area contributed by atoms with Crippen LogP contribution in [0, 0.1) is 0 Å². The molecule has 28 heavy (non-hydrogen) atoms. The number of carbonyl (C=O) groups excluding carboxylic acids is 1. The van der Waals surface area contributed by atoms with Gasteiger partial charge in [0.05, 0.1) is 7.11 Å². The van der Waals surface area contributed by atoms with Crippen molar-refractivity contribution in [1.82, 2.24) is 10.3 Å². The lowest BCUT2D eigenvalue weighted by atomic mass is 10.0. The molecule has 1 aliphatic rings. The first-order valence-corrected chi connectivity index (χ1v) is 10.3. The third kappa shape index (κ3) is 4.17. The van der Waals surface area contributed by atoms with Crippen LogP contribution in [0.3, 0.4) is 0 Å². The summed E-state index contributed by atoms with van der Waals surface area (Å²) in [5, 5.41) is 5.72. The van der Waals surface area contributed by atoms with E-state index in [-0.39, 0.29) is 5.91 Å². The fourth-order valence-corrected chi connectivity index (χ4v) is 4.21. The van der Waals surface area contributed by atoms with E-state index in [1.54, 1.807) is 7.11 Å². The van der Waals surface area contributed by atoms with Crippen molar-refractivity contribution in [3.63, 3.8) is 0 Å². The quantitative estimate of drug-likeness (QED) is 0.694. The second-order valence-electron chi connectivity index (χ2n) is 6.81. The SMILES string of the molecule is COc1ccc(CCNC(=O)c2csc(N3CCc4ccccc4C3)n2)cc1. The highest BCUT2D eigenvalue weighted by Crippen LogP contribution is 2.27. The van der Waals surface area contributed by atoms with Gasteiger partial charge in [0.15, 0.2) is 5.13 Å². The lowest BCUT2D eigenvalue weighted by Crippen LogP contribution is -2.30. The zero-order valence-corrected chi connectivity index (χ0v) is 16.7. The van der Waals surface area contributed by atoms with Gasteiger partial charge in [-0.3, -0.25) is 4.79 Å². The van der Waals surface area contributed by atoms with E-state index >= 15 is 0 Å². The molecule has 3 aromatic rings. The summed E-state index contributed by atoms with van der Waals surface area (Å²) in [5.41, 5.74) is 4.40. The second kappa shape index (κ2) is 8.44. The number of aromatic nitrogens is 1. The number of ether oxygens (including phenoxy) is 1. The predicted octanol–water partition coefficient (Wildman–Crippen LogP) is 3.69. The Morgan fingerprint density at radius 2 is 1.96 bits per heavy atom. The summed E-state index contributed by atoms with van der Waals surface area (Å²) in [7, 11) is 1.65. The van der Waals surface area contributed by atoms with Crippen LogP contribution in [0.2, 0.25) is 0 Å². The van der Waals surface area contributed by atoms with Crippen LogP contribution in [0.15, 0.2) is 53.9 Å². The normalized spacial score (nSPS) is 13.1. The number of fused-ring (bicyclic) bond motifs is 1. The van der Waals surface area contributed by atoms with Crippen LogP contribution in [-0.4, -0.2) is 31.1 Å². The van der Waals surface area contributed by atoms with Gasteiger partial charge in [0.1, 0.15) is 11.4 Å². The van der Waals surface area contributed by atoms with E-state index in [9.17, 15) is 4.79 Å². The molecule has 0 saturated carbocycles. The molecular formula is C22H23N3O2S. The zero-order valence-electron chi connectivity index (χ0n) is 15.9. The molecule has 0 spiro atoms. The molecule has 2 aromatic carbocycles. The van der Waals surface area contributed by atoms with Crippen LogP contribution in [0.5, 0.6) is 5.75 Å². The summed E-state index contributed by atoms with van der Waals surface area (Å²) in [6, 6.07) is 16.4. The van der Waals surface area contributed by atoms with E-state index in [0.717, 1.165) is 42.4 Å². The van der Waals surface area contributed by atoms with Crippen LogP contribution in [0.25, 0.3) is 0 Å². The van der Waals surface area contributed by atoms with E-state index in [1.165, 1.54) is 22.5 Å². The minimum absolute atomic E-state index is 0.117.